The van der Waals surface area contributed by atoms with Gasteiger partial charge in [0.25, 0.3) is 0 Å². The molecule has 3 rings (SSSR count). The molecular weight excluding hydrogens is 432 g/mol. The highest BCUT2D eigenvalue weighted by atomic mass is 35.5. The molecular formula is C18H19ClN6O4S. The van der Waals surface area contributed by atoms with Gasteiger partial charge in [0.1, 0.15) is 16.5 Å². The van der Waals surface area contributed by atoms with Gasteiger partial charge in [0.15, 0.2) is 5.82 Å². The lowest BCUT2D eigenvalue weighted by Crippen LogP contribution is -2.11. The fraction of sp³-hybridized carbons (Fsp3) is 0.167. The zero-order valence-electron chi connectivity index (χ0n) is 16.3. The average Bonchev–Trinajstić information content (AvgIpc) is 2.71. The third-order valence-electron chi connectivity index (χ3n) is 3.73. The minimum absolute atomic E-state index is 0.235. The van der Waals surface area contributed by atoms with Crippen LogP contribution in [0.5, 0.6) is 11.6 Å². The first kappa shape index (κ1) is 21.4. The number of sulfonamides is 1. The summed E-state index contributed by atoms with van der Waals surface area (Å²) in [5.74, 6) is 1.35. The van der Waals surface area contributed by atoms with Crippen LogP contribution in [0, 0.1) is 0 Å². The lowest BCUT2D eigenvalue weighted by atomic mass is 10.2. The Kier molecular flexibility index (Phi) is 6.43. The molecule has 0 aliphatic rings. The van der Waals surface area contributed by atoms with E-state index in [2.05, 4.69) is 30.3 Å². The van der Waals surface area contributed by atoms with Crippen molar-refractivity contribution in [1.82, 2.24) is 15.0 Å². The molecule has 0 radical (unpaired) electrons. The number of nitrogens with zero attached hydrogens (tertiary/aromatic N) is 3. The summed E-state index contributed by atoms with van der Waals surface area (Å²) in [6, 6.07) is 8.35. The van der Waals surface area contributed by atoms with E-state index in [-0.39, 0.29) is 22.5 Å². The van der Waals surface area contributed by atoms with Crippen LogP contribution < -0.4 is 24.8 Å². The van der Waals surface area contributed by atoms with Gasteiger partial charge in [0.2, 0.25) is 21.9 Å². The first-order valence-electron chi connectivity index (χ1n) is 8.50. The predicted octanol–water partition coefficient (Wildman–Crippen LogP) is 3.40. The normalized spacial score (nSPS) is 10.9. The molecule has 0 saturated carbocycles. The van der Waals surface area contributed by atoms with Crippen LogP contribution in [0.25, 0.3) is 0 Å². The van der Waals surface area contributed by atoms with Crippen molar-refractivity contribution >= 4 is 50.5 Å². The zero-order valence-corrected chi connectivity index (χ0v) is 17.9. The van der Waals surface area contributed by atoms with Crippen LogP contribution in [0.4, 0.5) is 28.8 Å². The number of benzene rings is 1. The summed E-state index contributed by atoms with van der Waals surface area (Å²) in [6.07, 6.45) is 4.06. The number of anilines is 5. The van der Waals surface area contributed by atoms with E-state index >= 15 is 0 Å². The van der Waals surface area contributed by atoms with Crippen molar-refractivity contribution in [2.45, 2.75) is 0 Å². The minimum Gasteiger partial charge on any atom is -0.497 e. The largest absolute Gasteiger partial charge is 0.497 e. The van der Waals surface area contributed by atoms with Crippen LogP contribution in [0.3, 0.4) is 0 Å². The Balaban J connectivity index is 1.93. The molecule has 30 heavy (non-hydrogen) atoms. The number of nitrogens with one attached hydrogen (secondary N) is 3. The summed E-state index contributed by atoms with van der Waals surface area (Å²) in [4.78, 5) is 12.6. The molecule has 1 aromatic carbocycles. The van der Waals surface area contributed by atoms with Gasteiger partial charge in [-0.2, -0.15) is 4.98 Å². The molecule has 2 aromatic heterocycles. The average molecular weight is 451 g/mol. The van der Waals surface area contributed by atoms with Gasteiger partial charge < -0.3 is 20.1 Å². The summed E-state index contributed by atoms with van der Waals surface area (Å²) >= 11 is 6.24. The van der Waals surface area contributed by atoms with Crippen molar-refractivity contribution < 1.29 is 17.9 Å². The predicted molar refractivity (Wildman–Crippen MR) is 116 cm³/mol. The van der Waals surface area contributed by atoms with Gasteiger partial charge in [-0.3, -0.25) is 4.72 Å². The third kappa shape index (κ3) is 5.39. The van der Waals surface area contributed by atoms with E-state index in [1.54, 1.807) is 30.5 Å². The molecule has 10 nitrogen and oxygen atoms in total. The second-order valence-electron chi connectivity index (χ2n) is 5.99. The molecule has 3 aromatic rings. The topological polar surface area (TPSA) is 127 Å². The van der Waals surface area contributed by atoms with Crippen LogP contribution in [0.15, 0.2) is 42.7 Å². The first-order valence-corrected chi connectivity index (χ1v) is 10.8. The van der Waals surface area contributed by atoms with Crippen molar-refractivity contribution in [1.29, 1.82) is 0 Å². The van der Waals surface area contributed by atoms with Crippen LogP contribution in [-0.2, 0) is 10.0 Å². The maximum atomic E-state index is 11.7. The molecule has 0 amide bonds. The van der Waals surface area contributed by atoms with E-state index in [0.29, 0.717) is 23.0 Å². The van der Waals surface area contributed by atoms with Gasteiger partial charge in [0, 0.05) is 12.3 Å². The van der Waals surface area contributed by atoms with Crippen LogP contribution in [0.1, 0.15) is 0 Å². The van der Waals surface area contributed by atoms with Crippen LogP contribution >= 0.6 is 11.6 Å². The number of hydrogen-bond donors (Lipinski definition) is 3. The van der Waals surface area contributed by atoms with Crippen molar-refractivity contribution in [3.63, 3.8) is 0 Å². The maximum absolute atomic E-state index is 11.7. The van der Waals surface area contributed by atoms with E-state index < -0.39 is 10.0 Å². The summed E-state index contributed by atoms with van der Waals surface area (Å²) in [7, 11) is -0.540. The molecule has 0 aliphatic heterocycles. The summed E-state index contributed by atoms with van der Waals surface area (Å²) in [5.41, 5.74) is 1.26. The van der Waals surface area contributed by atoms with E-state index in [9.17, 15) is 8.42 Å². The highest BCUT2D eigenvalue weighted by molar-refractivity contribution is 7.92. The quantitative estimate of drug-likeness (QED) is 0.473. The standard InChI is InChI=1S/C18H19ClN6O4S/c1-28-11-6-7-13(15(9-11)25-30(3,26)27)22-16-12(19)10-21-18(24-16)23-14-5-4-8-20-17(14)29-2/h4-10,25H,1-3H3,(H2,21,22,23,24). The molecule has 2 heterocycles. The van der Waals surface area contributed by atoms with Crippen LogP contribution in [0.2, 0.25) is 5.02 Å². The number of rotatable bonds is 8. The van der Waals surface area contributed by atoms with E-state index in [4.69, 9.17) is 21.1 Å². The maximum Gasteiger partial charge on any atom is 0.237 e. The molecule has 0 unspecified atom stereocenters. The van der Waals surface area contributed by atoms with Crippen molar-refractivity contribution in [3.8, 4) is 11.6 Å². The Labute approximate surface area is 178 Å². The summed E-state index contributed by atoms with van der Waals surface area (Å²) in [6.45, 7) is 0. The van der Waals surface area contributed by atoms with Crippen molar-refractivity contribution in [2.24, 2.45) is 0 Å². The zero-order chi connectivity index (χ0) is 21.7. The number of pyridine rings is 1. The third-order valence-corrected chi connectivity index (χ3v) is 4.60. The lowest BCUT2D eigenvalue weighted by molar-refractivity contribution is 0.400. The van der Waals surface area contributed by atoms with Crippen molar-refractivity contribution in [3.05, 3.63) is 47.7 Å². The Bertz CT molecular complexity index is 1160. The number of ether oxygens (including phenoxy) is 2. The highest BCUT2D eigenvalue weighted by Crippen LogP contribution is 2.33. The second kappa shape index (κ2) is 9.01. The van der Waals surface area contributed by atoms with Gasteiger partial charge in [-0.05, 0) is 24.3 Å². The molecule has 0 spiro atoms. The van der Waals surface area contributed by atoms with Gasteiger partial charge in [-0.15, -0.1) is 0 Å². The molecule has 0 fully saturated rings. The Hall–Kier alpha value is -3.31. The molecule has 0 bridgehead atoms. The Morgan fingerprint density at radius 1 is 1.00 bits per heavy atom. The summed E-state index contributed by atoms with van der Waals surface area (Å²) in [5, 5.41) is 6.26. The van der Waals surface area contributed by atoms with Crippen molar-refractivity contribution in [2.75, 3.05) is 35.8 Å². The molecule has 12 heteroatoms. The second-order valence-corrected chi connectivity index (χ2v) is 8.14. The fourth-order valence-corrected chi connectivity index (χ4v) is 3.16. The SMILES string of the molecule is COc1ccc(Nc2nc(Nc3cccnc3OC)ncc2Cl)c(NS(C)(=O)=O)c1. The number of halogens is 1. The highest BCUT2D eigenvalue weighted by Gasteiger charge is 2.13. The molecule has 0 aliphatic carbocycles. The lowest BCUT2D eigenvalue weighted by Gasteiger charge is -2.15. The number of methoxy groups -OCH3 is 2. The molecule has 3 N–H and O–H groups in total. The Morgan fingerprint density at radius 2 is 1.80 bits per heavy atom. The monoisotopic (exact) mass is 450 g/mol. The number of aromatic nitrogens is 3. The van der Waals surface area contributed by atoms with E-state index in [1.165, 1.54) is 26.5 Å². The van der Waals surface area contributed by atoms with Gasteiger partial charge in [0.05, 0.1) is 38.0 Å². The molecule has 158 valence electrons. The first-order chi connectivity index (χ1) is 14.3. The van der Waals surface area contributed by atoms with Crippen LogP contribution in [-0.4, -0.2) is 43.8 Å². The molecule has 0 atom stereocenters. The Morgan fingerprint density at radius 3 is 2.50 bits per heavy atom. The van der Waals surface area contributed by atoms with Gasteiger partial charge in [-0.25, -0.2) is 18.4 Å². The van der Waals surface area contributed by atoms with Gasteiger partial charge in [-0.1, -0.05) is 11.6 Å². The smallest absolute Gasteiger partial charge is 0.237 e. The summed E-state index contributed by atoms with van der Waals surface area (Å²) < 4.78 is 36.3. The van der Waals surface area contributed by atoms with Gasteiger partial charge >= 0.3 is 0 Å². The fourth-order valence-electron chi connectivity index (χ4n) is 2.46. The molecule has 0 saturated heterocycles. The van der Waals surface area contributed by atoms with E-state index in [1.807, 2.05) is 0 Å². The number of hydrogen-bond acceptors (Lipinski definition) is 9. The minimum atomic E-state index is -3.53. The van der Waals surface area contributed by atoms with E-state index in [0.717, 1.165) is 6.26 Å².